The Morgan fingerprint density at radius 1 is 1.29 bits per heavy atom. The van der Waals surface area contributed by atoms with Gasteiger partial charge in [-0.25, -0.2) is 9.59 Å². The number of benzene rings is 1. The Balaban J connectivity index is 2.47. The van der Waals surface area contributed by atoms with Gasteiger partial charge in [-0.2, -0.15) is 0 Å². The molecular weight excluding hydrogens is 338 g/mol. The van der Waals surface area contributed by atoms with Gasteiger partial charge in [0.15, 0.2) is 0 Å². The van der Waals surface area contributed by atoms with Crippen molar-refractivity contribution in [3.63, 3.8) is 0 Å². The second-order valence-electron chi connectivity index (χ2n) is 4.89. The predicted molar refractivity (Wildman–Crippen MR) is 85.9 cm³/mol. The molecule has 0 unspecified atom stereocenters. The van der Waals surface area contributed by atoms with Gasteiger partial charge in [-0.05, 0) is 51.7 Å². The van der Waals surface area contributed by atoms with E-state index < -0.39 is 12.0 Å². The Labute approximate surface area is 132 Å². The number of aromatic carboxylic acids is 1. The SMILES string of the molecule is CN(C)CCCCNC(=O)Nc1cc(Br)ccc1C(=O)O. The Hall–Kier alpha value is -1.60. The number of hydrogen-bond acceptors (Lipinski definition) is 3. The van der Waals surface area contributed by atoms with E-state index in [1.54, 1.807) is 12.1 Å². The maximum Gasteiger partial charge on any atom is 0.337 e. The van der Waals surface area contributed by atoms with Crippen molar-refractivity contribution in [1.29, 1.82) is 0 Å². The monoisotopic (exact) mass is 357 g/mol. The summed E-state index contributed by atoms with van der Waals surface area (Å²) >= 11 is 3.25. The zero-order valence-corrected chi connectivity index (χ0v) is 13.7. The zero-order valence-electron chi connectivity index (χ0n) is 12.1. The summed E-state index contributed by atoms with van der Waals surface area (Å²) in [7, 11) is 4.00. The van der Waals surface area contributed by atoms with Crippen LogP contribution < -0.4 is 10.6 Å². The Morgan fingerprint density at radius 3 is 2.62 bits per heavy atom. The lowest BCUT2D eigenvalue weighted by Crippen LogP contribution is -2.30. The quantitative estimate of drug-likeness (QED) is 0.655. The molecule has 0 saturated carbocycles. The number of carboxylic acid groups (broad SMARTS) is 1. The standard InChI is InChI=1S/C14H20BrN3O3/c1-18(2)8-4-3-7-16-14(21)17-12-9-10(15)5-6-11(12)13(19)20/h5-6,9H,3-4,7-8H2,1-2H3,(H,19,20)(H2,16,17,21). The summed E-state index contributed by atoms with van der Waals surface area (Å²) in [5.74, 6) is -1.08. The molecular formula is C14H20BrN3O3. The van der Waals surface area contributed by atoms with Crippen molar-refractivity contribution in [3.05, 3.63) is 28.2 Å². The number of nitrogens with zero attached hydrogens (tertiary/aromatic N) is 1. The number of rotatable bonds is 7. The molecule has 0 atom stereocenters. The number of unbranched alkanes of at least 4 members (excludes halogenated alkanes) is 1. The molecule has 0 spiro atoms. The minimum atomic E-state index is -1.08. The Bertz CT molecular complexity index is 506. The molecule has 0 saturated heterocycles. The van der Waals surface area contributed by atoms with E-state index >= 15 is 0 Å². The fourth-order valence-corrected chi connectivity index (χ4v) is 2.09. The molecule has 6 nitrogen and oxygen atoms in total. The van der Waals surface area contributed by atoms with Gasteiger partial charge in [0.2, 0.25) is 0 Å². The first kappa shape index (κ1) is 17.5. The lowest BCUT2D eigenvalue weighted by atomic mass is 10.2. The van der Waals surface area contributed by atoms with Crippen molar-refractivity contribution in [2.75, 3.05) is 32.5 Å². The van der Waals surface area contributed by atoms with Gasteiger partial charge in [0.1, 0.15) is 0 Å². The second-order valence-corrected chi connectivity index (χ2v) is 5.80. The van der Waals surface area contributed by atoms with Crippen LogP contribution in [-0.4, -0.2) is 49.2 Å². The number of carbonyl (C=O) groups excluding carboxylic acids is 1. The summed E-state index contributed by atoms with van der Waals surface area (Å²) in [5, 5.41) is 14.4. The van der Waals surface area contributed by atoms with Crippen LogP contribution in [-0.2, 0) is 0 Å². The molecule has 0 aliphatic carbocycles. The molecule has 3 N–H and O–H groups in total. The van der Waals surface area contributed by atoms with Crippen LogP contribution in [0.1, 0.15) is 23.2 Å². The number of carbonyl (C=O) groups is 2. The van der Waals surface area contributed by atoms with Crippen molar-refractivity contribution < 1.29 is 14.7 Å². The molecule has 0 fully saturated rings. The highest BCUT2D eigenvalue weighted by molar-refractivity contribution is 9.10. The lowest BCUT2D eigenvalue weighted by molar-refractivity contribution is 0.0698. The molecule has 0 aliphatic heterocycles. The highest BCUT2D eigenvalue weighted by Crippen LogP contribution is 2.21. The summed E-state index contributed by atoms with van der Waals surface area (Å²) in [6.45, 7) is 1.52. The molecule has 7 heteroatoms. The fraction of sp³-hybridized carbons (Fsp3) is 0.429. The number of carboxylic acids is 1. The molecule has 2 amide bonds. The average Bonchev–Trinajstić information content (AvgIpc) is 2.37. The molecule has 21 heavy (non-hydrogen) atoms. The molecule has 0 aliphatic rings. The Kier molecular flexibility index (Phi) is 7.18. The summed E-state index contributed by atoms with van der Waals surface area (Å²) in [4.78, 5) is 24.9. The normalized spacial score (nSPS) is 10.5. The van der Waals surface area contributed by atoms with E-state index in [9.17, 15) is 9.59 Å². The van der Waals surface area contributed by atoms with Crippen LogP contribution in [0.5, 0.6) is 0 Å². The number of halogens is 1. The zero-order chi connectivity index (χ0) is 15.8. The largest absolute Gasteiger partial charge is 0.478 e. The minimum absolute atomic E-state index is 0.0564. The average molecular weight is 358 g/mol. The van der Waals surface area contributed by atoms with E-state index in [1.807, 2.05) is 14.1 Å². The summed E-state index contributed by atoms with van der Waals surface area (Å²) in [6, 6.07) is 4.22. The van der Waals surface area contributed by atoms with E-state index in [4.69, 9.17) is 5.11 Å². The first-order valence-corrected chi connectivity index (χ1v) is 7.42. The molecule has 0 radical (unpaired) electrons. The predicted octanol–water partition coefficient (Wildman–Crippen LogP) is 2.61. The summed E-state index contributed by atoms with van der Waals surface area (Å²) < 4.78 is 0.703. The van der Waals surface area contributed by atoms with Gasteiger partial charge in [0, 0.05) is 11.0 Å². The van der Waals surface area contributed by atoms with Gasteiger partial charge in [-0.3, -0.25) is 0 Å². The van der Waals surface area contributed by atoms with Crippen molar-refractivity contribution >= 4 is 33.6 Å². The topological polar surface area (TPSA) is 81.7 Å². The van der Waals surface area contributed by atoms with Crippen LogP contribution in [0, 0.1) is 0 Å². The van der Waals surface area contributed by atoms with Crippen LogP contribution in [0.25, 0.3) is 0 Å². The second kappa shape index (κ2) is 8.63. The van der Waals surface area contributed by atoms with Gasteiger partial charge in [-0.15, -0.1) is 0 Å². The Morgan fingerprint density at radius 2 is 2.00 bits per heavy atom. The van der Waals surface area contributed by atoms with Crippen LogP contribution in [0.15, 0.2) is 22.7 Å². The highest BCUT2D eigenvalue weighted by Gasteiger charge is 2.12. The van der Waals surface area contributed by atoms with Crippen LogP contribution in [0.2, 0.25) is 0 Å². The maximum atomic E-state index is 11.8. The van der Waals surface area contributed by atoms with E-state index in [-0.39, 0.29) is 11.3 Å². The third kappa shape index (κ3) is 6.59. The molecule has 1 aromatic carbocycles. The van der Waals surface area contributed by atoms with Crippen molar-refractivity contribution in [2.24, 2.45) is 0 Å². The third-order valence-electron chi connectivity index (χ3n) is 2.78. The molecule has 1 aromatic rings. The van der Waals surface area contributed by atoms with E-state index in [2.05, 4.69) is 31.5 Å². The third-order valence-corrected chi connectivity index (χ3v) is 3.27. The van der Waals surface area contributed by atoms with Crippen LogP contribution in [0.4, 0.5) is 10.5 Å². The highest BCUT2D eigenvalue weighted by atomic mass is 79.9. The molecule has 1 rings (SSSR count). The first-order chi connectivity index (χ1) is 9.90. The minimum Gasteiger partial charge on any atom is -0.478 e. The van der Waals surface area contributed by atoms with E-state index in [0.717, 1.165) is 19.4 Å². The number of urea groups is 1. The first-order valence-electron chi connectivity index (χ1n) is 6.62. The number of anilines is 1. The maximum absolute atomic E-state index is 11.8. The lowest BCUT2D eigenvalue weighted by Gasteiger charge is -2.11. The van der Waals surface area contributed by atoms with Crippen molar-refractivity contribution in [3.8, 4) is 0 Å². The smallest absolute Gasteiger partial charge is 0.337 e. The molecule has 0 heterocycles. The van der Waals surface area contributed by atoms with E-state index in [1.165, 1.54) is 6.07 Å². The van der Waals surface area contributed by atoms with E-state index in [0.29, 0.717) is 11.0 Å². The van der Waals surface area contributed by atoms with Gasteiger partial charge >= 0.3 is 12.0 Å². The molecule has 116 valence electrons. The number of hydrogen-bond donors (Lipinski definition) is 3. The molecule has 0 bridgehead atoms. The summed E-state index contributed by atoms with van der Waals surface area (Å²) in [6.07, 6.45) is 1.86. The van der Waals surface area contributed by atoms with Gasteiger partial charge in [0.25, 0.3) is 0 Å². The number of nitrogens with one attached hydrogen (secondary N) is 2. The fourth-order valence-electron chi connectivity index (χ4n) is 1.73. The van der Waals surface area contributed by atoms with Crippen LogP contribution >= 0.6 is 15.9 Å². The molecule has 0 aromatic heterocycles. The van der Waals surface area contributed by atoms with Crippen molar-refractivity contribution in [2.45, 2.75) is 12.8 Å². The summed E-state index contributed by atoms with van der Waals surface area (Å²) in [5.41, 5.74) is 0.323. The van der Waals surface area contributed by atoms with Crippen molar-refractivity contribution in [1.82, 2.24) is 10.2 Å². The number of amides is 2. The van der Waals surface area contributed by atoms with Gasteiger partial charge < -0.3 is 20.6 Å². The van der Waals surface area contributed by atoms with Gasteiger partial charge in [-0.1, -0.05) is 15.9 Å². The van der Waals surface area contributed by atoms with Gasteiger partial charge in [0.05, 0.1) is 11.3 Å². The van der Waals surface area contributed by atoms with Crippen LogP contribution in [0.3, 0.4) is 0 Å².